The topological polar surface area (TPSA) is 18.5 Å². The largest absolute Gasteiger partial charge is 0.427 e. The van der Waals surface area contributed by atoms with Gasteiger partial charge in [0.15, 0.2) is 19.5 Å². The summed E-state index contributed by atoms with van der Waals surface area (Å²) in [7, 11) is 3.36. The summed E-state index contributed by atoms with van der Waals surface area (Å²) in [5, 5.41) is 0. The van der Waals surface area contributed by atoms with Gasteiger partial charge in [0.25, 0.3) is 0 Å². The molecule has 0 N–H and O–H groups in total. The van der Waals surface area contributed by atoms with E-state index in [1.54, 1.807) is 0 Å². The molecular formula is C6H18O2Si2. The normalized spacial score (nSPS) is 12.6. The number of hydrogen-bond acceptors (Lipinski definition) is 2. The fourth-order valence-electron chi connectivity index (χ4n) is 0.846. The number of hydrogen-bond donors (Lipinski definition) is 0. The Morgan fingerprint density at radius 2 is 1.30 bits per heavy atom. The van der Waals surface area contributed by atoms with E-state index in [0.29, 0.717) is 0 Å². The van der Waals surface area contributed by atoms with E-state index >= 15 is 0 Å². The minimum Gasteiger partial charge on any atom is -0.427 e. The zero-order valence-electron chi connectivity index (χ0n) is 7.06. The predicted molar refractivity (Wildman–Crippen MR) is 50.0 cm³/mol. The maximum atomic E-state index is 5.07. The van der Waals surface area contributed by atoms with Crippen LogP contribution < -0.4 is 0 Å². The van der Waals surface area contributed by atoms with Crippen LogP contribution in [-0.2, 0) is 8.85 Å². The molecule has 0 aliphatic rings. The van der Waals surface area contributed by atoms with Crippen molar-refractivity contribution in [2.45, 2.75) is 24.9 Å². The van der Waals surface area contributed by atoms with Crippen LogP contribution in [0, 0.1) is 0 Å². The molecule has 0 aromatic rings. The maximum absolute atomic E-state index is 5.07. The second-order valence-corrected chi connectivity index (χ2v) is 5.79. The van der Waals surface area contributed by atoms with E-state index in [-0.39, 0.29) is 19.5 Å². The van der Waals surface area contributed by atoms with Crippen LogP contribution in [0.1, 0.15) is 12.8 Å². The molecule has 0 heterocycles. The lowest BCUT2D eigenvalue weighted by atomic mass is 10.4. The molecule has 0 fully saturated rings. The summed E-state index contributed by atoms with van der Waals surface area (Å²) in [4.78, 5) is 0. The van der Waals surface area contributed by atoms with Crippen LogP contribution in [0.2, 0.25) is 12.1 Å². The third kappa shape index (κ3) is 8.35. The smallest absolute Gasteiger partial charge is 0.161 e. The third-order valence-corrected chi connectivity index (χ3v) is 3.84. The first-order valence-corrected chi connectivity index (χ1v) is 7.05. The molecule has 0 saturated heterocycles. The monoisotopic (exact) mass is 178 g/mol. The Balaban J connectivity index is 2.65. The highest BCUT2D eigenvalue weighted by atomic mass is 28.2. The average Bonchev–Trinajstić information content (AvgIpc) is 1.97. The first kappa shape index (κ1) is 10.4. The van der Waals surface area contributed by atoms with E-state index in [1.165, 1.54) is 24.9 Å². The number of rotatable bonds is 7. The molecule has 0 aromatic carbocycles. The molecule has 2 nitrogen and oxygen atoms in total. The van der Waals surface area contributed by atoms with Gasteiger partial charge in [-0.15, -0.1) is 0 Å². The minimum atomic E-state index is -0.138. The lowest BCUT2D eigenvalue weighted by Crippen LogP contribution is -1.95. The molecule has 0 aliphatic heterocycles. The van der Waals surface area contributed by atoms with Gasteiger partial charge in [-0.05, 0) is 12.1 Å². The summed E-state index contributed by atoms with van der Waals surface area (Å²) in [6.07, 6.45) is 2.72. The van der Waals surface area contributed by atoms with Gasteiger partial charge in [-0.25, -0.2) is 0 Å². The van der Waals surface area contributed by atoms with Gasteiger partial charge in [-0.2, -0.15) is 0 Å². The van der Waals surface area contributed by atoms with Crippen LogP contribution in [0.4, 0.5) is 0 Å². The van der Waals surface area contributed by atoms with Crippen molar-refractivity contribution in [1.29, 1.82) is 0 Å². The third-order valence-electron chi connectivity index (χ3n) is 1.45. The molecule has 0 atom stereocenters. The van der Waals surface area contributed by atoms with E-state index < -0.39 is 0 Å². The van der Waals surface area contributed by atoms with Crippen molar-refractivity contribution in [3.63, 3.8) is 0 Å². The Bertz CT molecular complexity index is 53.7. The summed E-state index contributed by atoms with van der Waals surface area (Å²) in [6, 6.07) is 2.68. The highest BCUT2D eigenvalue weighted by molar-refractivity contribution is 6.27. The first-order valence-electron chi connectivity index (χ1n) is 3.89. The van der Waals surface area contributed by atoms with Crippen molar-refractivity contribution < 1.29 is 8.85 Å². The Morgan fingerprint density at radius 3 is 1.60 bits per heavy atom. The van der Waals surface area contributed by atoms with E-state index in [4.69, 9.17) is 8.85 Å². The van der Waals surface area contributed by atoms with Crippen molar-refractivity contribution in [3.05, 3.63) is 0 Å². The van der Waals surface area contributed by atoms with Crippen LogP contribution in [0.25, 0.3) is 0 Å². The van der Waals surface area contributed by atoms with E-state index in [0.717, 1.165) is 0 Å². The molecule has 0 saturated carbocycles. The van der Waals surface area contributed by atoms with Crippen molar-refractivity contribution in [1.82, 2.24) is 0 Å². The molecule has 4 heteroatoms. The second-order valence-electron chi connectivity index (χ2n) is 2.40. The van der Waals surface area contributed by atoms with Crippen LogP contribution >= 0.6 is 0 Å². The fourth-order valence-corrected chi connectivity index (χ4v) is 2.54. The predicted octanol–water partition coefficient (Wildman–Crippen LogP) is 0.0636. The van der Waals surface area contributed by atoms with E-state index in [9.17, 15) is 0 Å². The molecular weight excluding hydrogens is 160 g/mol. The SMILES string of the molecule is CO[SiH2]CCCC[SiH2]OC. The fraction of sp³-hybridized carbons (Fsp3) is 1.00. The molecule has 0 spiro atoms. The van der Waals surface area contributed by atoms with Gasteiger partial charge in [0, 0.05) is 14.2 Å². The second kappa shape index (κ2) is 9.35. The zero-order chi connectivity index (χ0) is 7.66. The van der Waals surface area contributed by atoms with Crippen LogP contribution in [-0.4, -0.2) is 33.7 Å². The van der Waals surface area contributed by atoms with Crippen molar-refractivity contribution >= 4 is 19.5 Å². The van der Waals surface area contributed by atoms with Crippen LogP contribution in [0.5, 0.6) is 0 Å². The average molecular weight is 178 g/mol. The zero-order valence-corrected chi connectivity index (χ0v) is 9.89. The Morgan fingerprint density at radius 1 is 0.900 bits per heavy atom. The quantitative estimate of drug-likeness (QED) is 0.406. The molecule has 62 valence electrons. The first-order chi connectivity index (χ1) is 4.91. The van der Waals surface area contributed by atoms with Gasteiger partial charge in [-0.1, -0.05) is 12.8 Å². The van der Waals surface area contributed by atoms with Crippen molar-refractivity contribution in [3.8, 4) is 0 Å². The maximum Gasteiger partial charge on any atom is 0.161 e. The molecule has 0 amide bonds. The summed E-state index contributed by atoms with van der Waals surface area (Å²) >= 11 is 0. The van der Waals surface area contributed by atoms with Gasteiger partial charge < -0.3 is 8.85 Å². The molecule has 0 radical (unpaired) electrons. The molecule has 0 aliphatic carbocycles. The van der Waals surface area contributed by atoms with Crippen LogP contribution in [0.3, 0.4) is 0 Å². The molecule has 0 unspecified atom stereocenters. The lowest BCUT2D eigenvalue weighted by Gasteiger charge is -1.97. The Kier molecular flexibility index (Phi) is 9.68. The molecule has 0 rings (SSSR count). The summed E-state index contributed by atoms with van der Waals surface area (Å²) in [5.41, 5.74) is 0. The summed E-state index contributed by atoms with van der Waals surface area (Å²) in [6.45, 7) is 0. The van der Waals surface area contributed by atoms with E-state index in [2.05, 4.69) is 0 Å². The Labute approximate surface area is 68.2 Å². The highest BCUT2D eigenvalue weighted by Crippen LogP contribution is 1.99. The van der Waals surface area contributed by atoms with Gasteiger partial charge >= 0.3 is 0 Å². The van der Waals surface area contributed by atoms with Crippen molar-refractivity contribution in [2.75, 3.05) is 14.2 Å². The molecule has 0 bridgehead atoms. The Hall–Kier alpha value is 0.354. The van der Waals surface area contributed by atoms with E-state index in [1.807, 2.05) is 14.2 Å². The van der Waals surface area contributed by atoms with Gasteiger partial charge in [0.05, 0.1) is 0 Å². The minimum absolute atomic E-state index is 0.138. The van der Waals surface area contributed by atoms with Gasteiger partial charge in [-0.3, -0.25) is 0 Å². The van der Waals surface area contributed by atoms with Gasteiger partial charge in [0.2, 0.25) is 0 Å². The summed E-state index contributed by atoms with van der Waals surface area (Å²) in [5.74, 6) is 0. The summed E-state index contributed by atoms with van der Waals surface area (Å²) < 4.78 is 10.1. The van der Waals surface area contributed by atoms with Crippen molar-refractivity contribution in [2.24, 2.45) is 0 Å². The number of unbranched alkanes of at least 4 members (excludes halogenated alkanes) is 1. The molecule has 0 aromatic heterocycles. The van der Waals surface area contributed by atoms with Gasteiger partial charge in [0.1, 0.15) is 0 Å². The lowest BCUT2D eigenvalue weighted by molar-refractivity contribution is 0.435. The standard InChI is InChI=1S/C6H18O2Si2/c1-7-9-5-3-4-6-10-8-2/h3-6,9-10H2,1-2H3. The molecule has 10 heavy (non-hydrogen) atoms. The van der Waals surface area contributed by atoms with Crippen LogP contribution in [0.15, 0.2) is 0 Å². The highest BCUT2D eigenvalue weighted by Gasteiger charge is 1.89.